The van der Waals surface area contributed by atoms with Crippen LogP contribution in [0, 0.1) is 41.5 Å². The van der Waals surface area contributed by atoms with Gasteiger partial charge < -0.3 is 4.90 Å². The molecule has 0 aliphatic carbocycles. The van der Waals surface area contributed by atoms with Gasteiger partial charge in [-0.3, -0.25) is 0 Å². The summed E-state index contributed by atoms with van der Waals surface area (Å²) in [5.41, 5.74) is 23.3. The molecule has 10 rings (SSSR count). The molecule has 0 unspecified atom stereocenters. The highest BCUT2D eigenvalue weighted by molar-refractivity contribution is 7.20. The van der Waals surface area contributed by atoms with E-state index in [1.165, 1.54) is 115 Å². The summed E-state index contributed by atoms with van der Waals surface area (Å²) in [7, 11) is -2.86. The van der Waals surface area contributed by atoms with E-state index < -0.39 is 8.07 Å². The number of rotatable bonds is 8. The molecule has 0 saturated carbocycles. The first kappa shape index (κ1) is 41.9. The van der Waals surface area contributed by atoms with E-state index in [9.17, 15) is 0 Å². The first-order valence-corrected chi connectivity index (χ1v) is 25.5. The Morgan fingerprint density at radius 3 is 1.16 bits per heavy atom. The Bertz CT molecular complexity index is 2940. The number of fused-ring (bicyclic) bond motifs is 4. The molecular formula is C60H59B2NSi. The molecule has 0 bridgehead atoms. The van der Waals surface area contributed by atoms with Crippen LogP contribution in [0.3, 0.4) is 0 Å². The summed E-state index contributed by atoms with van der Waals surface area (Å²) in [4.78, 5) is 2.69. The van der Waals surface area contributed by atoms with E-state index in [0.717, 1.165) is 0 Å². The predicted octanol–water partition coefficient (Wildman–Crippen LogP) is 8.29. The van der Waals surface area contributed by atoms with Crippen molar-refractivity contribution >= 4 is 92.1 Å². The molecule has 0 N–H and O–H groups in total. The second-order valence-electron chi connectivity index (χ2n) is 19.6. The summed E-state index contributed by atoms with van der Waals surface area (Å²) in [5, 5.41) is 5.58. The van der Waals surface area contributed by atoms with Crippen LogP contribution in [0.4, 0.5) is 17.1 Å². The van der Waals surface area contributed by atoms with E-state index in [1.807, 2.05) is 0 Å². The molecule has 0 atom stereocenters. The van der Waals surface area contributed by atoms with Crippen LogP contribution >= 0.6 is 0 Å². The minimum atomic E-state index is -2.86. The van der Waals surface area contributed by atoms with E-state index in [4.69, 9.17) is 0 Å². The number of aryl methyl sites for hydroxylation is 6. The first-order valence-electron chi connectivity index (χ1n) is 23.5. The van der Waals surface area contributed by atoms with E-state index in [1.54, 1.807) is 0 Å². The Morgan fingerprint density at radius 2 is 0.750 bits per heavy atom. The molecule has 8 aromatic rings. The summed E-state index contributed by atoms with van der Waals surface area (Å²) in [6.45, 7) is 23.4. The van der Waals surface area contributed by atoms with E-state index >= 15 is 0 Å². The zero-order valence-corrected chi connectivity index (χ0v) is 40.3. The third-order valence-corrected chi connectivity index (χ3v) is 19.4. The zero-order chi connectivity index (χ0) is 44.6. The lowest BCUT2D eigenvalue weighted by Crippen LogP contribution is -2.75. The highest BCUT2D eigenvalue weighted by Gasteiger charge is 2.47. The van der Waals surface area contributed by atoms with Gasteiger partial charge in [0, 0.05) is 17.1 Å². The van der Waals surface area contributed by atoms with Gasteiger partial charge in [0.1, 0.15) is 0 Å². The number of nitrogens with zero attached hydrogens (tertiary/aromatic N) is 1. The van der Waals surface area contributed by atoms with Gasteiger partial charge in [0.15, 0.2) is 8.07 Å². The van der Waals surface area contributed by atoms with Crippen LogP contribution in [0.25, 0.3) is 0 Å². The second-order valence-corrected chi connectivity index (χ2v) is 23.4. The molecule has 2 aliphatic rings. The van der Waals surface area contributed by atoms with Crippen molar-refractivity contribution in [3.8, 4) is 0 Å². The average molecular weight is 844 g/mol. The fourth-order valence-electron chi connectivity index (χ4n) is 12.0. The van der Waals surface area contributed by atoms with Crippen molar-refractivity contribution in [1.82, 2.24) is 0 Å². The molecule has 0 fully saturated rings. The minimum absolute atomic E-state index is 0.0191. The summed E-state index contributed by atoms with van der Waals surface area (Å²) < 4.78 is 0. The third kappa shape index (κ3) is 6.59. The van der Waals surface area contributed by atoms with Gasteiger partial charge in [-0.2, -0.15) is 0 Å². The Labute approximate surface area is 384 Å². The van der Waals surface area contributed by atoms with Crippen molar-refractivity contribution in [2.45, 2.75) is 81.1 Å². The molecule has 0 radical (unpaired) electrons. The topological polar surface area (TPSA) is 3.24 Å². The molecule has 4 heteroatoms. The van der Waals surface area contributed by atoms with Gasteiger partial charge in [0.05, 0.1) is 0 Å². The fraction of sp³-hybridized carbons (Fsp3) is 0.200. The molecule has 2 heterocycles. The lowest BCUT2D eigenvalue weighted by atomic mass is 9.29. The molecular weight excluding hydrogens is 784 g/mol. The van der Waals surface area contributed by atoms with Crippen LogP contribution in [0.2, 0.25) is 0 Å². The maximum absolute atomic E-state index is 2.86. The second kappa shape index (κ2) is 16.2. The summed E-state index contributed by atoms with van der Waals surface area (Å²) >= 11 is 0. The predicted molar refractivity (Wildman–Crippen MR) is 284 cm³/mol. The normalized spacial score (nSPS) is 13.0. The van der Waals surface area contributed by atoms with E-state index in [0.29, 0.717) is 11.8 Å². The van der Waals surface area contributed by atoms with Crippen LogP contribution in [0.15, 0.2) is 164 Å². The van der Waals surface area contributed by atoms with Crippen LogP contribution in [-0.2, 0) is 0 Å². The Hall–Kier alpha value is -6.09. The van der Waals surface area contributed by atoms with Gasteiger partial charge in [0.2, 0.25) is 13.4 Å². The maximum Gasteiger partial charge on any atom is 0.247 e. The van der Waals surface area contributed by atoms with Crippen molar-refractivity contribution in [3.05, 3.63) is 208 Å². The largest absolute Gasteiger partial charge is 0.313 e. The number of benzene rings is 8. The molecule has 1 nitrogen and oxygen atoms in total. The molecule has 0 amide bonds. The van der Waals surface area contributed by atoms with Gasteiger partial charge in [-0.25, -0.2) is 0 Å². The molecule has 0 aromatic heterocycles. The SMILES string of the molecule is Cc1cc(C)c(B2c3cc(C(C)C)ccc3N3c4ccc([Si](c5ccccc5)(c5ccccc5)c5ccccc5)cc4B(c4c(C)cc(C)cc4C)c4cc(C(C)C)cc2c43)c(C)c1. The smallest absolute Gasteiger partial charge is 0.247 e. The zero-order valence-electron chi connectivity index (χ0n) is 39.3. The van der Waals surface area contributed by atoms with Crippen LogP contribution in [0.5, 0.6) is 0 Å². The van der Waals surface area contributed by atoms with Gasteiger partial charge in [-0.1, -0.05) is 224 Å². The molecule has 314 valence electrons. The third-order valence-electron chi connectivity index (χ3n) is 14.7. The van der Waals surface area contributed by atoms with Gasteiger partial charge >= 0.3 is 0 Å². The summed E-state index contributed by atoms with van der Waals surface area (Å²) in [5.74, 6) is 0.757. The lowest BCUT2D eigenvalue weighted by molar-refractivity contribution is 0.867. The number of anilines is 3. The van der Waals surface area contributed by atoms with Gasteiger partial charge in [-0.05, 0) is 119 Å². The van der Waals surface area contributed by atoms with Crippen LogP contribution in [-0.4, -0.2) is 21.5 Å². The quantitative estimate of drug-likeness (QED) is 0.110. The van der Waals surface area contributed by atoms with Crippen LogP contribution < -0.4 is 58.4 Å². The van der Waals surface area contributed by atoms with Crippen molar-refractivity contribution in [2.24, 2.45) is 0 Å². The van der Waals surface area contributed by atoms with Crippen LogP contribution in [0.1, 0.15) is 84.0 Å². The minimum Gasteiger partial charge on any atom is -0.313 e. The Morgan fingerprint density at radius 1 is 0.375 bits per heavy atom. The Balaban J connectivity index is 1.37. The van der Waals surface area contributed by atoms with Gasteiger partial charge in [-0.15, -0.1) is 0 Å². The summed E-state index contributed by atoms with van der Waals surface area (Å²) in [6.07, 6.45) is 0. The molecule has 8 aromatic carbocycles. The highest BCUT2D eigenvalue weighted by atomic mass is 28.3. The van der Waals surface area contributed by atoms with Crippen molar-refractivity contribution in [3.63, 3.8) is 0 Å². The molecule has 2 aliphatic heterocycles. The van der Waals surface area contributed by atoms with Crippen molar-refractivity contribution in [1.29, 1.82) is 0 Å². The van der Waals surface area contributed by atoms with Gasteiger partial charge in [0.25, 0.3) is 0 Å². The monoisotopic (exact) mass is 843 g/mol. The molecule has 64 heavy (non-hydrogen) atoms. The highest BCUT2D eigenvalue weighted by Crippen LogP contribution is 2.39. The Kier molecular flexibility index (Phi) is 10.6. The first-order chi connectivity index (χ1) is 30.9. The standard InChI is InChI=1S/C60H59B2NSi/c1-38(2)46-26-28-56-52(34-46)61(58-42(7)30-40(5)31-43(58)8)54-35-47(39(3)4)36-55-60(54)63(56)57-29-27-51(37-53(57)62(55)59-44(9)32-41(6)33-45(59)10)64(48-20-14-11-15-21-48,49-22-16-12-17-23-49)50-24-18-13-19-25-50/h11-39H,1-10H3. The van der Waals surface area contributed by atoms with Crippen molar-refractivity contribution in [2.75, 3.05) is 4.90 Å². The van der Waals surface area contributed by atoms with Crippen molar-refractivity contribution < 1.29 is 0 Å². The fourth-order valence-corrected chi connectivity index (χ4v) is 16.8. The van der Waals surface area contributed by atoms with E-state index in [2.05, 4.69) is 238 Å². The molecule has 0 saturated heterocycles. The average Bonchev–Trinajstić information content (AvgIpc) is 3.28. The summed E-state index contributed by atoms with van der Waals surface area (Å²) in [6, 6.07) is 64.1. The van der Waals surface area contributed by atoms with E-state index in [-0.39, 0.29) is 13.4 Å². The number of hydrogen-bond acceptors (Lipinski definition) is 1. The lowest BCUT2D eigenvalue weighted by Gasteiger charge is -2.46. The molecule has 0 spiro atoms. The maximum atomic E-state index is 2.69. The number of hydrogen-bond donors (Lipinski definition) is 0.